The van der Waals surface area contributed by atoms with Crippen molar-refractivity contribution in [1.29, 1.82) is 0 Å². The molecule has 3 aromatic heterocycles. The van der Waals surface area contributed by atoms with Crippen LogP contribution in [0.4, 0.5) is 23.7 Å². The molecule has 1 unspecified atom stereocenters. The highest BCUT2D eigenvalue weighted by Gasteiger charge is 2.49. The summed E-state index contributed by atoms with van der Waals surface area (Å²) >= 11 is 7.73. The largest absolute Gasteiger partial charge is 0.444 e. The summed E-state index contributed by atoms with van der Waals surface area (Å²) in [6.07, 6.45) is -2.86. The Morgan fingerprint density at radius 2 is 1.98 bits per heavy atom. The maximum Gasteiger partial charge on any atom is 0.416 e. The highest BCUT2D eigenvalue weighted by molar-refractivity contribution is 7.15. The summed E-state index contributed by atoms with van der Waals surface area (Å²) in [5, 5.41) is 10.3. The first-order valence-electron chi connectivity index (χ1n) is 16.7. The molecule has 272 valence electrons. The molecular weight excluding hydrogens is 711 g/mol. The van der Waals surface area contributed by atoms with Gasteiger partial charge in [-0.3, -0.25) is 14.5 Å². The molecule has 2 N–H and O–H groups in total. The van der Waals surface area contributed by atoms with E-state index in [1.807, 2.05) is 13.0 Å². The number of nitrogens with one attached hydrogen (secondary N) is 2. The Labute approximate surface area is 299 Å². The van der Waals surface area contributed by atoms with Gasteiger partial charge in [-0.25, -0.2) is 4.79 Å². The van der Waals surface area contributed by atoms with Crippen LogP contribution in [0.15, 0.2) is 29.1 Å². The minimum atomic E-state index is -4.61. The van der Waals surface area contributed by atoms with Crippen LogP contribution in [-0.2, 0) is 45.4 Å². The molecule has 2 amide bonds. The second-order valence-corrected chi connectivity index (χ2v) is 15.6. The van der Waals surface area contributed by atoms with Crippen molar-refractivity contribution in [3.05, 3.63) is 66.9 Å². The average Bonchev–Trinajstić information content (AvgIpc) is 3.45. The zero-order valence-electron chi connectivity index (χ0n) is 28.4. The van der Waals surface area contributed by atoms with Crippen molar-refractivity contribution < 1.29 is 32.2 Å². The van der Waals surface area contributed by atoms with Crippen LogP contribution in [0.2, 0.25) is 5.02 Å². The molecule has 51 heavy (non-hydrogen) atoms. The number of carbonyl (C=O) groups is 2. The molecule has 0 radical (unpaired) electrons. The highest BCUT2D eigenvalue weighted by Crippen LogP contribution is 2.55. The molecule has 2 aliphatic heterocycles. The van der Waals surface area contributed by atoms with Crippen LogP contribution < -0.4 is 16.2 Å². The Bertz CT molecular complexity index is 2100. The molecule has 17 heteroatoms. The van der Waals surface area contributed by atoms with Crippen molar-refractivity contribution in [2.45, 2.75) is 83.3 Å². The Morgan fingerprint density at radius 3 is 2.65 bits per heavy atom. The lowest BCUT2D eigenvalue weighted by Crippen LogP contribution is -2.52. The standard InChI is InChI=1S/C34H37ClF3N7O5S/c1-5-22-26(23-14-39-10-11-43(23)31(48)50-32(2,3)4)29(47)45-30(41-28(42-45)24-12-18-16-49-17-33(8-9-33)27(18)51-24)44(22)15-25(46)40-21-7-6-19(13-20(21)35)34(36,37)38/h6-7,12-13,23,39H,5,8-11,14-17H2,1-4H3,(H,40,46). The number of nitrogens with zero attached hydrogens (tertiary/aromatic N) is 5. The fraction of sp³-hybridized carbons (Fsp3) is 0.500. The number of hydrogen-bond acceptors (Lipinski definition) is 9. The monoisotopic (exact) mass is 747 g/mol. The van der Waals surface area contributed by atoms with Crippen molar-refractivity contribution >= 4 is 46.4 Å². The number of amides is 2. The van der Waals surface area contributed by atoms with Gasteiger partial charge in [0.05, 0.1) is 46.0 Å². The second-order valence-electron chi connectivity index (χ2n) is 14.1. The van der Waals surface area contributed by atoms with E-state index in [1.165, 1.54) is 9.78 Å². The van der Waals surface area contributed by atoms with E-state index in [4.69, 9.17) is 26.1 Å². The maximum atomic E-state index is 14.5. The quantitative estimate of drug-likeness (QED) is 0.248. The van der Waals surface area contributed by atoms with Crippen LogP contribution in [0.5, 0.6) is 0 Å². The molecule has 1 aliphatic carbocycles. The molecule has 5 heterocycles. The third kappa shape index (κ3) is 6.74. The molecule has 2 fully saturated rings. The predicted molar refractivity (Wildman–Crippen MR) is 184 cm³/mol. The Balaban J connectivity index is 1.34. The Kier molecular flexibility index (Phi) is 8.96. The van der Waals surface area contributed by atoms with Crippen LogP contribution in [0.25, 0.3) is 16.5 Å². The third-order valence-corrected chi connectivity index (χ3v) is 11.0. The zero-order valence-corrected chi connectivity index (χ0v) is 30.0. The number of ether oxygens (including phenoxy) is 2. The Hall–Kier alpha value is -3.99. The van der Waals surface area contributed by atoms with Crippen molar-refractivity contribution in [3.63, 3.8) is 0 Å². The second kappa shape index (κ2) is 12.9. The molecule has 7 rings (SSSR count). The minimum Gasteiger partial charge on any atom is -0.444 e. The van der Waals surface area contributed by atoms with Crippen molar-refractivity contribution in [3.8, 4) is 10.7 Å². The van der Waals surface area contributed by atoms with Gasteiger partial charge in [0.15, 0.2) is 5.82 Å². The van der Waals surface area contributed by atoms with E-state index in [9.17, 15) is 27.6 Å². The smallest absolute Gasteiger partial charge is 0.416 e. The van der Waals surface area contributed by atoms with Crippen LogP contribution in [0.3, 0.4) is 0 Å². The number of carbonyl (C=O) groups excluding carboxylic acids is 2. The average molecular weight is 748 g/mol. The molecule has 4 aromatic rings. The fourth-order valence-electron chi connectivity index (χ4n) is 6.77. The van der Waals surface area contributed by atoms with Gasteiger partial charge in [-0.2, -0.15) is 22.7 Å². The van der Waals surface area contributed by atoms with Crippen LogP contribution in [-0.4, -0.2) is 67.9 Å². The molecule has 1 saturated carbocycles. The number of alkyl halides is 3. The molecule has 1 atom stereocenters. The number of rotatable bonds is 6. The highest BCUT2D eigenvalue weighted by atomic mass is 35.5. The first kappa shape index (κ1) is 35.4. The van der Waals surface area contributed by atoms with E-state index in [-0.39, 0.29) is 53.5 Å². The molecule has 1 aromatic carbocycles. The molecular formula is C34H37ClF3N7O5S. The van der Waals surface area contributed by atoms with E-state index < -0.39 is 40.9 Å². The summed E-state index contributed by atoms with van der Waals surface area (Å²) in [5.41, 5.74) is -0.475. The van der Waals surface area contributed by atoms with Crippen LogP contribution in [0.1, 0.15) is 73.8 Å². The predicted octanol–water partition coefficient (Wildman–Crippen LogP) is 5.94. The van der Waals surface area contributed by atoms with Gasteiger partial charge in [0.1, 0.15) is 12.1 Å². The first-order valence-corrected chi connectivity index (χ1v) is 17.9. The molecule has 1 saturated heterocycles. The lowest BCUT2D eigenvalue weighted by Gasteiger charge is -2.38. The van der Waals surface area contributed by atoms with Gasteiger partial charge < -0.3 is 24.7 Å². The van der Waals surface area contributed by atoms with Gasteiger partial charge in [0, 0.05) is 35.6 Å². The summed E-state index contributed by atoms with van der Waals surface area (Å²) in [5.74, 6) is -0.231. The first-order chi connectivity index (χ1) is 24.1. The van der Waals surface area contributed by atoms with E-state index >= 15 is 0 Å². The fourth-order valence-corrected chi connectivity index (χ4v) is 8.33. The van der Waals surface area contributed by atoms with Crippen LogP contribution >= 0.6 is 22.9 Å². The lowest BCUT2D eigenvalue weighted by atomic mass is 10.0. The zero-order chi connectivity index (χ0) is 36.5. The van der Waals surface area contributed by atoms with Gasteiger partial charge >= 0.3 is 12.3 Å². The van der Waals surface area contributed by atoms with Gasteiger partial charge in [-0.1, -0.05) is 18.5 Å². The number of aromatic nitrogens is 4. The van der Waals surface area contributed by atoms with E-state index in [0.29, 0.717) is 31.3 Å². The van der Waals surface area contributed by atoms with E-state index in [1.54, 1.807) is 36.7 Å². The SMILES string of the molecule is CCc1c(C2CNCCN2C(=O)OC(C)(C)C)c(=O)n2nc(-c3cc4c(s3)C3(CC3)COC4)nc2n1CC(=O)Nc1ccc(C(F)(F)F)cc1Cl. The molecule has 1 spiro atoms. The number of piperazine rings is 1. The number of hydrogen-bond donors (Lipinski definition) is 2. The number of fused-ring (bicyclic) bond motifs is 3. The van der Waals surface area contributed by atoms with E-state index in [0.717, 1.165) is 46.0 Å². The summed E-state index contributed by atoms with van der Waals surface area (Å²) < 4.78 is 54.1. The Morgan fingerprint density at radius 1 is 1.22 bits per heavy atom. The number of halogens is 4. The third-order valence-electron chi connectivity index (χ3n) is 9.30. The van der Waals surface area contributed by atoms with Crippen LogP contribution in [0, 0.1) is 0 Å². The minimum absolute atomic E-state index is 0.0125. The molecule has 0 bridgehead atoms. The lowest BCUT2D eigenvalue weighted by molar-refractivity contribution is -0.137. The number of thiophene rings is 1. The van der Waals surface area contributed by atoms with Gasteiger partial charge in [0.2, 0.25) is 11.7 Å². The summed E-state index contributed by atoms with van der Waals surface area (Å²) in [4.78, 5) is 50.0. The summed E-state index contributed by atoms with van der Waals surface area (Å²) in [6, 6.07) is 3.88. The van der Waals surface area contributed by atoms with Gasteiger partial charge in [-0.05, 0) is 69.9 Å². The maximum absolute atomic E-state index is 14.5. The van der Waals surface area contributed by atoms with Gasteiger partial charge in [0.25, 0.3) is 5.56 Å². The van der Waals surface area contributed by atoms with Gasteiger partial charge in [-0.15, -0.1) is 16.4 Å². The number of anilines is 1. The number of benzene rings is 1. The summed E-state index contributed by atoms with van der Waals surface area (Å²) in [7, 11) is 0. The molecule has 3 aliphatic rings. The van der Waals surface area contributed by atoms with E-state index in [2.05, 4.69) is 15.7 Å². The molecule has 12 nitrogen and oxygen atoms in total. The normalized spacial score (nSPS) is 18.6. The van der Waals surface area contributed by atoms with Crippen molar-refractivity contribution in [1.82, 2.24) is 29.4 Å². The van der Waals surface area contributed by atoms with Crippen molar-refractivity contribution in [2.24, 2.45) is 0 Å². The topological polar surface area (TPSA) is 132 Å². The van der Waals surface area contributed by atoms with Crippen molar-refractivity contribution in [2.75, 3.05) is 31.6 Å². The summed E-state index contributed by atoms with van der Waals surface area (Å²) in [6.45, 7) is 8.83.